The minimum Gasteiger partial charge on any atom is -0.468 e. The number of thioether (sulfide) groups is 1. The Balaban J connectivity index is 2.15. The number of ether oxygens (including phenoxy) is 1. The summed E-state index contributed by atoms with van der Waals surface area (Å²) in [5.41, 5.74) is -1.08. The molecular formula is C18H21FN2O4S. The third-order valence-corrected chi connectivity index (χ3v) is 5.98. The molecule has 0 saturated carbocycles. The zero-order valence-electron chi connectivity index (χ0n) is 14.8. The summed E-state index contributed by atoms with van der Waals surface area (Å²) in [6.45, 7) is 0. The Morgan fingerprint density at radius 2 is 2.04 bits per heavy atom. The van der Waals surface area contributed by atoms with Crippen molar-refractivity contribution in [1.29, 1.82) is 0 Å². The molecule has 2 saturated heterocycles. The zero-order chi connectivity index (χ0) is 19.1. The number of hydrogen-bond acceptors (Lipinski definition) is 6. The molecule has 0 aliphatic carbocycles. The average molecular weight is 380 g/mol. The van der Waals surface area contributed by atoms with Gasteiger partial charge in [-0.25, -0.2) is 4.39 Å². The van der Waals surface area contributed by atoms with Gasteiger partial charge in [-0.1, -0.05) is 18.2 Å². The number of fused-ring (bicyclic) bond motifs is 1. The Labute approximate surface area is 155 Å². The Morgan fingerprint density at radius 1 is 1.35 bits per heavy atom. The molecule has 26 heavy (non-hydrogen) atoms. The largest absolute Gasteiger partial charge is 0.468 e. The minimum atomic E-state index is -1.35. The second-order valence-corrected chi connectivity index (χ2v) is 7.57. The number of rotatable bonds is 5. The van der Waals surface area contributed by atoms with Crippen LogP contribution in [0.1, 0.15) is 18.0 Å². The summed E-state index contributed by atoms with van der Waals surface area (Å²) < 4.78 is 19.4. The first kappa shape index (κ1) is 18.8. The first-order chi connectivity index (χ1) is 12.4. The van der Waals surface area contributed by atoms with Gasteiger partial charge in [0.2, 0.25) is 11.8 Å². The lowest BCUT2D eigenvalue weighted by molar-refractivity contribution is -0.154. The maximum absolute atomic E-state index is 14.4. The topological polar surface area (TPSA) is 75.7 Å². The number of carbonyl (C=O) groups is 3. The molecule has 1 aromatic carbocycles. The van der Waals surface area contributed by atoms with Crippen molar-refractivity contribution < 1.29 is 23.5 Å². The van der Waals surface area contributed by atoms with E-state index in [0.717, 1.165) is 4.90 Å². The molecule has 2 heterocycles. The lowest BCUT2D eigenvalue weighted by atomic mass is 9.78. The fourth-order valence-corrected chi connectivity index (χ4v) is 4.63. The lowest BCUT2D eigenvalue weighted by Crippen LogP contribution is -2.56. The predicted octanol–water partition coefficient (Wildman–Crippen LogP) is 1.37. The van der Waals surface area contributed by atoms with E-state index in [9.17, 15) is 18.8 Å². The van der Waals surface area contributed by atoms with E-state index >= 15 is 0 Å². The van der Waals surface area contributed by atoms with Gasteiger partial charge in [0.15, 0.2) is 0 Å². The van der Waals surface area contributed by atoms with Gasteiger partial charge < -0.3 is 4.74 Å². The molecule has 1 N–H and O–H groups in total. The first-order valence-electron chi connectivity index (χ1n) is 8.30. The molecule has 3 rings (SSSR count). The van der Waals surface area contributed by atoms with Crippen molar-refractivity contribution in [2.24, 2.45) is 11.8 Å². The van der Waals surface area contributed by atoms with E-state index in [1.807, 2.05) is 6.26 Å². The molecule has 8 heteroatoms. The standard InChI is InChI=1S/C18H21FN2O4S/c1-21-15(22)12-13(16(21)23)18(8-9-26-3,17(24)25-2)20-14(12)10-6-4-5-7-11(10)19/h4-7,12-14,20H,8-9H2,1-3H3. The van der Waals surface area contributed by atoms with Crippen LogP contribution in [0.15, 0.2) is 24.3 Å². The quantitative estimate of drug-likeness (QED) is 0.614. The van der Waals surface area contributed by atoms with Gasteiger partial charge in [0.05, 0.1) is 18.9 Å². The van der Waals surface area contributed by atoms with E-state index < -0.39 is 47.0 Å². The highest BCUT2D eigenvalue weighted by Gasteiger charge is 2.68. The van der Waals surface area contributed by atoms with Gasteiger partial charge in [-0.3, -0.25) is 24.6 Å². The van der Waals surface area contributed by atoms with E-state index in [0.29, 0.717) is 12.2 Å². The average Bonchev–Trinajstić information content (AvgIpc) is 3.10. The Hall–Kier alpha value is -1.93. The van der Waals surface area contributed by atoms with Gasteiger partial charge in [-0.05, 0) is 24.5 Å². The van der Waals surface area contributed by atoms with Gasteiger partial charge in [0, 0.05) is 18.7 Å². The molecule has 0 bridgehead atoms. The molecule has 2 amide bonds. The third-order valence-electron chi connectivity index (χ3n) is 5.37. The van der Waals surface area contributed by atoms with Gasteiger partial charge in [-0.2, -0.15) is 11.8 Å². The van der Waals surface area contributed by atoms with Gasteiger partial charge in [0.25, 0.3) is 0 Å². The van der Waals surface area contributed by atoms with Crippen molar-refractivity contribution in [2.45, 2.75) is 18.0 Å². The number of carbonyl (C=O) groups excluding carboxylic acids is 3. The molecule has 2 aliphatic heterocycles. The zero-order valence-corrected chi connectivity index (χ0v) is 15.6. The number of halogens is 1. The van der Waals surface area contributed by atoms with Gasteiger partial charge in [-0.15, -0.1) is 0 Å². The fourth-order valence-electron chi connectivity index (χ4n) is 4.11. The van der Waals surface area contributed by atoms with Crippen molar-refractivity contribution in [1.82, 2.24) is 10.2 Å². The Kier molecular flexibility index (Phi) is 5.07. The fraction of sp³-hybridized carbons (Fsp3) is 0.500. The van der Waals surface area contributed by atoms with Crippen molar-refractivity contribution in [3.8, 4) is 0 Å². The maximum Gasteiger partial charge on any atom is 0.326 e. The molecule has 140 valence electrons. The Bertz CT molecular complexity index is 758. The number of esters is 1. The van der Waals surface area contributed by atoms with E-state index in [4.69, 9.17) is 4.74 Å². The van der Waals surface area contributed by atoms with Crippen LogP contribution in [0.2, 0.25) is 0 Å². The molecule has 0 spiro atoms. The highest BCUT2D eigenvalue weighted by molar-refractivity contribution is 7.98. The SMILES string of the molecule is COC(=O)C1(CCSC)NC(c2ccccc2F)C2C(=O)N(C)C(=O)C21. The number of likely N-dealkylation sites (tertiary alicyclic amines) is 1. The van der Waals surface area contributed by atoms with Crippen LogP contribution >= 0.6 is 11.8 Å². The van der Waals surface area contributed by atoms with Gasteiger partial charge in [0.1, 0.15) is 11.4 Å². The third kappa shape index (κ3) is 2.63. The van der Waals surface area contributed by atoms with Crippen LogP contribution in [0.25, 0.3) is 0 Å². The summed E-state index contributed by atoms with van der Waals surface area (Å²) in [6.07, 6.45) is 2.19. The van der Waals surface area contributed by atoms with E-state index in [1.54, 1.807) is 18.2 Å². The first-order valence-corrected chi connectivity index (χ1v) is 9.69. The van der Waals surface area contributed by atoms with Crippen LogP contribution in [0, 0.1) is 17.7 Å². The van der Waals surface area contributed by atoms with Gasteiger partial charge >= 0.3 is 5.97 Å². The highest BCUT2D eigenvalue weighted by Crippen LogP contribution is 2.50. The van der Waals surface area contributed by atoms with Crippen LogP contribution in [-0.4, -0.2) is 54.4 Å². The number of nitrogens with zero attached hydrogens (tertiary/aromatic N) is 1. The number of nitrogens with one attached hydrogen (secondary N) is 1. The number of amides is 2. The molecular weight excluding hydrogens is 359 g/mol. The van der Waals surface area contributed by atoms with E-state index in [1.165, 1.54) is 32.0 Å². The monoisotopic (exact) mass is 380 g/mol. The summed E-state index contributed by atoms with van der Waals surface area (Å²) >= 11 is 1.52. The normalized spacial score (nSPS) is 30.6. The van der Waals surface area contributed by atoms with Crippen molar-refractivity contribution >= 4 is 29.5 Å². The number of imide groups is 1. The number of benzene rings is 1. The molecule has 0 radical (unpaired) electrons. The molecule has 4 atom stereocenters. The summed E-state index contributed by atoms with van der Waals surface area (Å²) in [5, 5.41) is 3.13. The predicted molar refractivity (Wildman–Crippen MR) is 94.8 cm³/mol. The summed E-state index contributed by atoms with van der Waals surface area (Å²) in [5.74, 6) is -3.09. The number of methoxy groups -OCH3 is 1. The molecule has 0 aromatic heterocycles. The van der Waals surface area contributed by atoms with Crippen LogP contribution in [-0.2, 0) is 19.1 Å². The molecule has 2 aliphatic rings. The summed E-state index contributed by atoms with van der Waals surface area (Å²) in [6, 6.07) is 5.32. The second-order valence-electron chi connectivity index (χ2n) is 6.59. The van der Waals surface area contributed by atoms with Crippen molar-refractivity contribution in [2.75, 3.05) is 26.2 Å². The van der Waals surface area contributed by atoms with E-state index in [-0.39, 0.29) is 5.56 Å². The van der Waals surface area contributed by atoms with Crippen LogP contribution in [0.5, 0.6) is 0 Å². The minimum absolute atomic E-state index is 0.272. The Morgan fingerprint density at radius 3 is 2.65 bits per heavy atom. The van der Waals surface area contributed by atoms with Crippen molar-refractivity contribution in [3.63, 3.8) is 0 Å². The molecule has 1 aromatic rings. The molecule has 6 nitrogen and oxygen atoms in total. The van der Waals surface area contributed by atoms with Crippen LogP contribution in [0.3, 0.4) is 0 Å². The number of hydrogen-bond donors (Lipinski definition) is 1. The second kappa shape index (κ2) is 7.00. The van der Waals surface area contributed by atoms with Crippen LogP contribution in [0.4, 0.5) is 4.39 Å². The maximum atomic E-state index is 14.4. The molecule has 4 unspecified atom stereocenters. The van der Waals surface area contributed by atoms with Crippen molar-refractivity contribution in [3.05, 3.63) is 35.6 Å². The van der Waals surface area contributed by atoms with E-state index in [2.05, 4.69) is 5.32 Å². The summed E-state index contributed by atoms with van der Waals surface area (Å²) in [7, 11) is 2.65. The van der Waals surface area contributed by atoms with Crippen LogP contribution < -0.4 is 5.32 Å². The molecule has 2 fully saturated rings. The lowest BCUT2D eigenvalue weighted by Gasteiger charge is -2.32. The smallest absolute Gasteiger partial charge is 0.326 e. The highest BCUT2D eigenvalue weighted by atomic mass is 32.2. The summed E-state index contributed by atoms with van der Waals surface area (Å²) in [4.78, 5) is 39.3.